The molecule has 6 heteroatoms. The number of nitrogens with one attached hydrogen (secondary N) is 3. The number of fused-ring (bicyclic) bond motifs is 1. The maximum Gasteiger partial charge on any atom is 0.319 e. The van der Waals surface area contributed by atoms with Crippen LogP contribution in [-0.2, 0) is 0 Å². The third kappa shape index (κ3) is 3.96. The average Bonchev–Trinajstić information content (AvgIpc) is 3.01. The zero-order valence-corrected chi connectivity index (χ0v) is 14.6. The van der Waals surface area contributed by atoms with Crippen LogP contribution in [0.25, 0.3) is 22.2 Å². The molecule has 2 aromatic heterocycles. The van der Waals surface area contributed by atoms with Gasteiger partial charge in [-0.3, -0.25) is 5.10 Å². The predicted molar refractivity (Wildman–Crippen MR) is 101 cm³/mol. The first-order chi connectivity index (χ1) is 12.2. The molecule has 0 bridgehead atoms. The van der Waals surface area contributed by atoms with Gasteiger partial charge < -0.3 is 10.6 Å². The minimum atomic E-state index is -0.166. The summed E-state index contributed by atoms with van der Waals surface area (Å²) in [5.74, 6) is 0. The summed E-state index contributed by atoms with van der Waals surface area (Å²) in [6, 6.07) is 9.61. The minimum Gasteiger partial charge on any atom is -0.338 e. The molecule has 0 aliphatic heterocycles. The Labute approximate surface area is 147 Å². The summed E-state index contributed by atoms with van der Waals surface area (Å²) in [6.07, 6.45) is 5.03. The zero-order chi connectivity index (χ0) is 17.6. The molecule has 0 aliphatic rings. The molecule has 0 radical (unpaired) electrons. The highest BCUT2D eigenvalue weighted by atomic mass is 16.2. The summed E-state index contributed by atoms with van der Waals surface area (Å²) in [5, 5.41) is 13.9. The quantitative estimate of drug-likeness (QED) is 0.588. The molecule has 3 aromatic rings. The number of anilines is 1. The molecule has 6 nitrogen and oxygen atoms in total. The first-order valence-corrected chi connectivity index (χ1v) is 8.64. The Kier molecular flexibility index (Phi) is 5.28. The van der Waals surface area contributed by atoms with Crippen LogP contribution in [0.3, 0.4) is 0 Å². The highest BCUT2D eigenvalue weighted by Gasteiger charge is 2.10. The number of nitrogens with zero attached hydrogens (tertiary/aromatic N) is 2. The molecule has 2 heterocycles. The second-order valence-electron chi connectivity index (χ2n) is 6.07. The van der Waals surface area contributed by atoms with Crippen molar-refractivity contribution in [3.8, 4) is 11.1 Å². The largest absolute Gasteiger partial charge is 0.338 e. The highest BCUT2D eigenvalue weighted by Crippen LogP contribution is 2.29. The maximum absolute atomic E-state index is 11.9. The molecular formula is C19H23N5O. The molecule has 3 rings (SSSR count). The van der Waals surface area contributed by atoms with Crippen LogP contribution < -0.4 is 10.6 Å². The van der Waals surface area contributed by atoms with E-state index in [0.717, 1.165) is 47.2 Å². The fourth-order valence-electron chi connectivity index (χ4n) is 2.82. The second-order valence-corrected chi connectivity index (χ2v) is 6.07. The summed E-state index contributed by atoms with van der Waals surface area (Å²) in [7, 11) is 0. The Morgan fingerprint density at radius 1 is 1.16 bits per heavy atom. The smallest absolute Gasteiger partial charge is 0.319 e. The second kappa shape index (κ2) is 7.79. The number of pyridine rings is 1. The number of carbonyl (C=O) groups is 1. The maximum atomic E-state index is 11.9. The summed E-state index contributed by atoms with van der Waals surface area (Å²) in [6.45, 7) is 4.83. The summed E-state index contributed by atoms with van der Waals surface area (Å²) >= 11 is 0. The molecule has 0 saturated carbocycles. The Hall–Kier alpha value is -2.89. The molecule has 25 heavy (non-hydrogen) atoms. The third-order valence-corrected chi connectivity index (χ3v) is 4.16. The van der Waals surface area contributed by atoms with Gasteiger partial charge in [-0.05, 0) is 42.7 Å². The van der Waals surface area contributed by atoms with Gasteiger partial charge in [0.15, 0.2) is 5.65 Å². The number of hydrogen-bond donors (Lipinski definition) is 3. The van der Waals surface area contributed by atoms with Crippen molar-refractivity contribution in [2.75, 3.05) is 11.9 Å². The Bertz CT molecular complexity index is 854. The lowest BCUT2D eigenvalue weighted by molar-refractivity contribution is 0.252. The van der Waals surface area contributed by atoms with Gasteiger partial charge in [0.1, 0.15) is 0 Å². The van der Waals surface area contributed by atoms with Crippen LogP contribution in [-0.4, -0.2) is 27.8 Å². The number of aromatic nitrogens is 3. The van der Waals surface area contributed by atoms with Gasteiger partial charge in [0.2, 0.25) is 0 Å². The molecule has 130 valence electrons. The molecule has 0 aliphatic carbocycles. The number of rotatable bonds is 6. The topological polar surface area (TPSA) is 82.7 Å². The first-order valence-electron chi connectivity index (χ1n) is 8.64. The Balaban J connectivity index is 1.70. The number of amides is 2. The van der Waals surface area contributed by atoms with E-state index in [2.05, 4.69) is 32.7 Å². The number of urea groups is 1. The number of aromatic amines is 1. The van der Waals surface area contributed by atoms with E-state index in [1.807, 2.05) is 37.3 Å². The number of unbranched alkanes of at least 4 members (excludes halogenated alkanes) is 2. The number of aryl methyl sites for hydroxylation is 1. The van der Waals surface area contributed by atoms with Crippen LogP contribution in [0.1, 0.15) is 31.9 Å². The van der Waals surface area contributed by atoms with Gasteiger partial charge >= 0.3 is 6.03 Å². The molecule has 1 aromatic carbocycles. The minimum absolute atomic E-state index is 0.166. The monoisotopic (exact) mass is 337 g/mol. The Morgan fingerprint density at radius 3 is 2.72 bits per heavy atom. The average molecular weight is 337 g/mol. The van der Waals surface area contributed by atoms with Crippen molar-refractivity contribution in [2.45, 2.75) is 33.1 Å². The van der Waals surface area contributed by atoms with E-state index in [1.165, 1.54) is 0 Å². The van der Waals surface area contributed by atoms with Crippen molar-refractivity contribution in [3.05, 3.63) is 42.2 Å². The van der Waals surface area contributed by atoms with Crippen LogP contribution >= 0.6 is 0 Å². The zero-order valence-electron chi connectivity index (χ0n) is 14.6. The van der Waals surface area contributed by atoms with Crippen molar-refractivity contribution in [1.82, 2.24) is 20.5 Å². The Morgan fingerprint density at radius 2 is 1.96 bits per heavy atom. The third-order valence-electron chi connectivity index (χ3n) is 4.16. The molecule has 3 N–H and O–H groups in total. The van der Waals surface area contributed by atoms with Crippen LogP contribution in [0.5, 0.6) is 0 Å². The van der Waals surface area contributed by atoms with E-state index in [1.54, 1.807) is 6.20 Å². The molecule has 0 spiro atoms. The summed E-state index contributed by atoms with van der Waals surface area (Å²) < 4.78 is 0. The van der Waals surface area contributed by atoms with Gasteiger partial charge in [0.05, 0.1) is 0 Å². The predicted octanol–water partition coefficient (Wildman–Crippen LogP) is 4.25. The summed E-state index contributed by atoms with van der Waals surface area (Å²) in [5.41, 5.74) is 4.61. The first kappa shape index (κ1) is 17.0. The highest BCUT2D eigenvalue weighted by molar-refractivity contribution is 5.95. The van der Waals surface area contributed by atoms with Crippen molar-refractivity contribution in [3.63, 3.8) is 0 Å². The summed E-state index contributed by atoms with van der Waals surface area (Å²) in [4.78, 5) is 16.2. The number of carbonyl (C=O) groups excluding carboxylic acids is 1. The van der Waals surface area contributed by atoms with Crippen LogP contribution in [0.15, 0.2) is 36.5 Å². The standard InChI is InChI=1S/C19H23N5O/c1-3-4-5-11-21-19(25)22-15-8-6-14(7-9-15)16-10-12-20-18-17(16)13(2)23-24-18/h6-10,12H,3-5,11H2,1-2H3,(H,20,23,24)(H2,21,22,25). The van der Waals surface area contributed by atoms with Gasteiger partial charge in [-0.25, -0.2) is 9.78 Å². The van der Waals surface area contributed by atoms with Crippen molar-refractivity contribution < 1.29 is 4.79 Å². The van der Waals surface area contributed by atoms with Crippen LogP contribution in [0, 0.1) is 6.92 Å². The lowest BCUT2D eigenvalue weighted by atomic mass is 10.0. The van der Waals surface area contributed by atoms with Crippen molar-refractivity contribution in [1.29, 1.82) is 0 Å². The van der Waals surface area contributed by atoms with Gasteiger partial charge in [-0.15, -0.1) is 0 Å². The van der Waals surface area contributed by atoms with Crippen LogP contribution in [0.2, 0.25) is 0 Å². The fourth-order valence-corrected chi connectivity index (χ4v) is 2.82. The lowest BCUT2D eigenvalue weighted by Crippen LogP contribution is -2.29. The molecule has 0 fully saturated rings. The number of hydrogen-bond acceptors (Lipinski definition) is 3. The SMILES string of the molecule is CCCCCNC(=O)Nc1ccc(-c2ccnc3n[nH]c(C)c23)cc1. The lowest BCUT2D eigenvalue weighted by Gasteiger charge is -2.09. The van der Waals surface area contributed by atoms with E-state index in [-0.39, 0.29) is 6.03 Å². The van der Waals surface area contributed by atoms with Gasteiger partial charge in [0, 0.05) is 29.5 Å². The molecular weight excluding hydrogens is 314 g/mol. The fraction of sp³-hybridized carbons (Fsp3) is 0.316. The van der Waals surface area contributed by atoms with E-state index in [0.29, 0.717) is 12.2 Å². The van der Waals surface area contributed by atoms with Crippen molar-refractivity contribution in [2.24, 2.45) is 0 Å². The van der Waals surface area contributed by atoms with Gasteiger partial charge in [0.25, 0.3) is 0 Å². The molecule has 0 unspecified atom stereocenters. The van der Waals surface area contributed by atoms with Gasteiger partial charge in [-0.1, -0.05) is 31.9 Å². The molecule has 0 saturated heterocycles. The number of benzene rings is 1. The van der Waals surface area contributed by atoms with Crippen LogP contribution in [0.4, 0.5) is 10.5 Å². The van der Waals surface area contributed by atoms with E-state index in [4.69, 9.17) is 0 Å². The molecule has 2 amide bonds. The van der Waals surface area contributed by atoms with E-state index >= 15 is 0 Å². The number of H-pyrrole nitrogens is 1. The normalized spacial score (nSPS) is 10.8. The van der Waals surface area contributed by atoms with E-state index in [9.17, 15) is 4.79 Å². The van der Waals surface area contributed by atoms with Gasteiger partial charge in [-0.2, -0.15) is 5.10 Å². The molecule has 0 atom stereocenters. The van der Waals surface area contributed by atoms with E-state index < -0.39 is 0 Å². The van der Waals surface area contributed by atoms with Crippen molar-refractivity contribution >= 4 is 22.8 Å².